The number of rotatable bonds is 4. The number of alkyl carbamates (subject to hydrolysis) is 1. The Morgan fingerprint density at radius 2 is 1.64 bits per heavy atom. The molecule has 1 N–H and O–H groups in total. The number of likely N-dealkylation sites (tertiary alicyclic amines) is 1. The first-order valence-corrected chi connectivity index (χ1v) is 12.0. The molecule has 0 unspecified atom stereocenters. The summed E-state index contributed by atoms with van der Waals surface area (Å²) in [5.74, 6) is -0.495. The number of ether oxygens (including phenoxy) is 1. The lowest BCUT2D eigenvalue weighted by molar-refractivity contribution is -0.143. The lowest BCUT2D eigenvalue weighted by Crippen LogP contribution is -2.51. The number of alkyl halides is 6. The van der Waals surface area contributed by atoms with E-state index >= 15 is 0 Å². The van der Waals surface area contributed by atoms with Crippen molar-refractivity contribution in [2.24, 2.45) is 0 Å². The molecule has 1 saturated heterocycles. The van der Waals surface area contributed by atoms with Gasteiger partial charge in [0.1, 0.15) is 5.82 Å². The van der Waals surface area contributed by atoms with Crippen LogP contribution in [0.3, 0.4) is 0 Å². The minimum Gasteiger partial charge on any atom is -0.453 e. The summed E-state index contributed by atoms with van der Waals surface area (Å²) >= 11 is 0. The van der Waals surface area contributed by atoms with Crippen LogP contribution in [0.5, 0.6) is 0 Å². The Labute approximate surface area is 220 Å². The fraction of sp³-hybridized carbons (Fsp3) is 0.462. The summed E-state index contributed by atoms with van der Waals surface area (Å²) in [5.41, 5.74) is -2.19. The molecule has 6 nitrogen and oxygen atoms in total. The highest BCUT2D eigenvalue weighted by Gasteiger charge is 2.39. The van der Waals surface area contributed by atoms with Crippen LogP contribution in [0.25, 0.3) is 0 Å². The van der Waals surface area contributed by atoms with Crippen LogP contribution in [0, 0.1) is 12.7 Å². The van der Waals surface area contributed by atoms with Crippen LogP contribution in [-0.2, 0) is 17.1 Å². The highest BCUT2D eigenvalue weighted by atomic mass is 19.4. The van der Waals surface area contributed by atoms with Crippen molar-refractivity contribution in [1.82, 2.24) is 15.1 Å². The largest absolute Gasteiger partial charge is 0.453 e. The fourth-order valence-corrected chi connectivity index (χ4v) is 4.67. The minimum absolute atomic E-state index is 0.0322. The van der Waals surface area contributed by atoms with Gasteiger partial charge >= 0.3 is 24.5 Å². The van der Waals surface area contributed by atoms with Crippen LogP contribution < -0.4 is 5.32 Å². The molecule has 1 aliphatic rings. The van der Waals surface area contributed by atoms with Gasteiger partial charge in [0.05, 0.1) is 30.3 Å². The van der Waals surface area contributed by atoms with E-state index in [9.17, 15) is 40.3 Å². The number of piperidine rings is 1. The Morgan fingerprint density at radius 3 is 2.15 bits per heavy atom. The van der Waals surface area contributed by atoms with E-state index in [0.29, 0.717) is 29.7 Å². The van der Waals surface area contributed by atoms with E-state index in [1.54, 1.807) is 6.92 Å². The van der Waals surface area contributed by atoms with Crippen molar-refractivity contribution in [2.45, 2.75) is 57.2 Å². The first-order valence-electron chi connectivity index (χ1n) is 12.0. The smallest absolute Gasteiger partial charge is 0.416 e. The molecular weight excluding hydrogens is 535 g/mol. The highest BCUT2D eigenvalue weighted by molar-refractivity contribution is 5.76. The number of amides is 3. The fourth-order valence-electron chi connectivity index (χ4n) is 4.67. The predicted molar refractivity (Wildman–Crippen MR) is 127 cm³/mol. The molecule has 13 heteroatoms. The zero-order valence-corrected chi connectivity index (χ0v) is 21.6. The average Bonchev–Trinajstić information content (AvgIpc) is 2.86. The number of hydrogen-bond donors (Lipinski definition) is 1. The third-order valence-corrected chi connectivity index (χ3v) is 6.92. The van der Waals surface area contributed by atoms with Crippen LogP contribution in [0.15, 0.2) is 36.4 Å². The number of nitrogens with zero attached hydrogens (tertiary/aromatic N) is 2. The summed E-state index contributed by atoms with van der Waals surface area (Å²) in [7, 11) is 2.48. The van der Waals surface area contributed by atoms with E-state index in [1.807, 2.05) is 0 Å². The molecule has 0 radical (unpaired) electrons. The topological polar surface area (TPSA) is 61.9 Å². The van der Waals surface area contributed by atoms with Crippen molar-refractivity contribution in [3.8, 4) is 0 Å². The highest BCUT2D eigenvalue weighted by Crippen LogP contribution is 2.39. The maximum absolute atomic E-state index is 13.8. The minimum atomic E-state index is -5.03. The van der Waals surface area contributed by atoms with Crippen molar-refractivity contribution in [1.29, 1.82) is 0 Å². The number of aryl methyl sites for hydroxylation is 1. The molecule has 2 aromatic carbocycles. The second-order valence-electron chi connectivity index (χ2n) is 9.48. The van der Waals surface area contributed by atoms with E-state index < -0.39 is 59.5 Å². The van der Waals surface area contributed by atoms with Crippen LogP contribution >= 0.6 is 0 Å². The molecule has 3 amide bonds. The van der Waals surface area contributed by atoms with Crippen molar-refractivity contribution in [3.63, 3.8) is 0 Å². The standard InChI is InChI=1S/C26H28F7N3O3/c1-14-9-19(27)5-6-21(14)22-13-20(34-23(37)39-4)7-8-36(22)24(38)35(3)15(2)16-10-17(25(28,29)30)12-18(11-16)26(31,32)33/h5-6,9-12,15,20,22H,7-8,13H2,1-4H3,(H,34,37)/t15-,20-,22+/m0/s1. The van der Waals surface area contributed by atoms with Crippen LogP contribution in [0.1, 0.15) is 59.7 Å². The van der Waals surface area contributed by atoms with Gasteiger partial charge in [-0.1, -0.05) is 6.07 Å². The van der Waals surface area contributed by atoms with Gasteiger partial charge in [-0.3, -0.25) is 0 Å². The Hall–Kier alpha value is -3.51. The van der Waals surface area contributed by atoms with Crippen LogP contribution in [0.4, 0.5) is 40.3 Å². The maximum Gasteiger partial charge on any atom is 0.416 e. The molecule has 214 valence electrons. The van der Waals surface area contributed by atoms with E-state index in [-0.39, 0.29) is 24.6 Å². The maximum atomic E-state index is 13.8. The van der Waals surface area contributed by atoms with Gasteiger partial charge in [-0.25, -0.2) is 14.0 Å². The van der Waals surface area contributed by atoms with Gasteiger partial charge in [-0.15, -0.1) is 0 Å². The summed E-state index contributed by atoms with van der Waals surface area (Å²) in [5, 5.41) is 2.68. The van der Waals surface area contributed by atoms with Gasteiger partial charge in [-0.2, -0.15) is 26.3 Å². The summed E-state index contributed by atoms with van der Waals surface area (Å²) in [6.07, 6.45) is -10.2. The third-order valence-electron chi connectivity index (χ3n) is 6.92. The monoisotopic (exact) mass is 563 g/mol. The molecule has 0 saturated carbocycles. The molecule has 0 spiro atoms. The number of nitrogens with one attached hydrogen (secondary N) is 1. The van der Waals surface area contributed by atoms with E-state index in [4.69, 9.17) is 0 Å². The molecule has 1 aliphatic heterocycles. The van der Waals surface area contributed by atoms with Gasteiger partial charge in [0.25, 0.3) is 0 Å². The molecule has 0 aliphatic carbocycles. The molecular formula is C26H28F7N3O3. The van der Waals surface area contributed by atoms with Gasteiger partial charge in [-0.05, 0) is 73.7 Å². The van der Waals surface area contributed by atoms with Crippen molar-refractivity contribution in [2.75, 3.05) is 20.7 Å². The Morgan fingerprint density at radius 1 is 1.05 bits per heavy atom. The summed E-state index contributed by atoms with van der Waals surface area (Å²) in [6.45, 7) is 3.08. The zero-order chi connectivity index (χ0) is 29.3. The number of halogens is 7. The number of carbonyl (C=O) groups excluding carboxylic acids is 2. The molecule has 0 aromatic heterocycles. The first kappa shape index (κ1) is 30.0. The SMILES string of the molecule is COC(=O)N[C@H]1CCN(C(=O)N(C)[C@@H](C)c2cc(C(F)(F)F)cc(C(F)(F)F)c2)[C@@H](c2ccc(F)cc2C)C1. The number of hydrogen-bond acceptors (Lipinski definition) is 3. The normalized spacial score (nSPS) is 18.9. The second-order valence-corrected chi connectivity index (χ2v) is 9.48. The molecule has 1 heterocycles. The molecule has 1 fully saturated rings. The average molecular weight is 564 g/mol. The lowest BCUT2D eigenvalue weighted by atomic mass is 9.89. The Kier molecular flexibility index (Phi) is 8.71. The quantitative estimate of drug-likeness (QED) is 0.414. The second kappa shape index (κ2) is 11.3. The van der Waals surface area contributed by atoms with Crippen molar-refractivity contribution < 1.29 is 45.1 Å². The molecule has 3 rings (SSSR count). The summed E-state index contributed by atoms with van der Waals surface area (Å²) in [6, 6.07) is 2.33. The Bertz CT molecular complexity index is 1180. The zero-order valence-electron chi connectivity index (χ0n) is 21.6. The van der Waals surface area contributed by atoms with E-state index in [1.165, 1.54) is 44.2 Å². The lowest BCUT2D eigenvalue weighted by Gasteiger charge is -2.43. The van der Waals surface area contributed by atoms with Crippen LogP contribution in [0.2, 0.25) is 0 Å². The molecule has 3 atom stereocenters. The molecule has 39 heavy (non-hydrogen) atoms. The van der Waals surface area contributed by atoms with Gasteiger partial charge in [0.2, 0.25) is 0 Å². The summed E-state index contributed by atoms with van der Waals surface area (Å²) in [4.78, 5) is 27.9. The van der Waals surface area contributed by atoms with Crippen molar-refractivity contribution >= 4 is 12.1 Å². The van der Waals surface area contributed by atoms with Crippen LogP contribution in [-0.4, -0.2) is 48.7 Å². The summed E-state index contributed by atoms with van der Waals surface area (Å²) < 4.78 is 98.8. The number of methoxy groups -OCH3 is 1. The molecule has 2 aromatic rings. The number of carbonyl (C=O) groups is 2. The molecule has 0 bridgehead atoms. The van der Waals surface area contributed by atoms with E-state index in [0.717, 1.165) is 4.90 Å². The Balaban J connectivity index is 1.96. The number of benzene rings is 2. The predicted octanol–water partition coefficient (Wildman–Crippen LogP) is 6.85. The number of urea groups is 1. The van der Waals surface area contributed by atoms with E-state index in [2.05, 4.69) is 10.1 Å². The van der Waals surface area contributed by atoms with Gasteiger partial charge < -0.3 is 19.9 Å². The third kappa shape index (κ3) is 6.93. The van der Waals surface area contributed by atoms with Gasteiger partial charge in [0, 0.05) is 19.6 Å². The van der Waals surface area contributed by atoms with Gasteiger partial charge in [0.15, 0.2) is 0 Å². The first-order chi connectivity index (χ1) is 18.0. The van der Waals surface area contributed by atoms with Crippen molar-refractivity contribution in [3.05, 3.63) is 70.0 Å².